The van der Waals surface area contributed by atoms with E-state index < -0.39 is 0 Å². The summed E-state index contributed by atoms with van der Waals surface area (Å²) in [5, 5.41) is 4.21. The first-order chi connectivity index (χ1) is 9.79. The van der Waals surface area contributed by atoms with Gasteiger partial charge in [-0.3, -0.25) is 4.68 Å². The Kier molecular flexibility index (Phi) is 3.74. The van der Waals surface area contributed by atoms with Crippen LogP contribution in [0.4, 0.5) is 0 Å². The highest BCUT2D eigenvalue weighted by molar-refractivity contribution is 6.17. The molecule has 2 aromatic heterocycles. The van der Waals surface area contributed by atoms with Crippen LogP contribution in [0, 0.1) is 0 Å². The van der Waals surface area contributed by atoms with Crippen molar-refractivity contribution >= 4 is 22.6 Å². The summed E-state index contributed by atoms with van der Waals surface area (Å²) in [6.45, 7) is 0.895. The van der Waals surface area contributed by atoms with Gasteiger partial charge in [-0.25, -0.2) is 4.98 Å². The molecule has 1 aromatic carbocycles. The van der Waals surface area contributed by atoms with Gasteiger partial charge < -0.3 is 4.57 Å². The van der Waals surface area contributed by atoms with Crippen molar-refractivity contribution in [2.75, 3.05) is 5.88 Å². The van der Waals surface area contributed by atoms with Gasteiger partial charge in [-0.1, -0.05) is 12.1 Å². The first-order valence-electron chi connectivity index (χ1n) is 6.76. The van der Waals surface area contributed by atoms with Gasteiger partial charge in [-0.2, -0.15) is 5.10 Å². The summed E-state index contributed by atoms with van der Waals surface area (Å²) in [7, 11) is 1.97. The third-order valence-electron chi connectivity index (χ3n) is 3.57. The fourth-order valence-corrected chi connectivity index (χ4v) is 2.69. The quantitative estimate of drug-likeness (QED) is 0.677. The van der Waals surface area contributed by atoms with Crippen LogP contribution in [0.3, 0.4) is 0 Å². The highest BCUT2D eigenvalue weighted by atomic mass is 35.5. The Hall–Kier alpha value is -1.81. The summed E-state index contributed by atoms with van der Waals surface area (Å²) in [4.78, 5) is 4.68. The van der Waals surface area contributed by atoms with E-state index in [-0.39, 0.29) is 0 Å². The number of rotatable bonds is 5. The molecule has 0 saturated heterocycles. The molecule has 0 unspecified atom stereocenters. The lowest BCUT2D eigenvalue weighted by Crippen LogP contribution is -2.09. The molecule has 4 nitrogen and oxygen atoms in total. The normalized spacial score (nSPS) is 11.3. The monoisotopic (exact) mass is 288 g/mol. The second-order valence-corrected chi connectivity index (χ2v) is 5.18. The number of imidazole rings is 1. The van der Waals surface area contributed by atoms with Crippen molar-refractivity contribution in [2.45, 2.75) is 19.4 Å². The number of alkyl halides is 1. The van der Waals surface area contributed by atoms with Crippen LogP contribution < -0.4 is 0 Å². The van der Waals surface area contributed by atoms with Crippen molar-refractivity contribution in [3.8, 4) is 0 Å². The Morgan fingerprint density at radius 2 is 2.00 bits per heavy atom. The van der Waals surface area contributed by atoms with Crippen molar-refractivity contribution < 1.29 is 0 Å². The summed E-state index contributed by atoms with van der Waals surface area (Å²) in [5.74, 6) is 1.65. The van der Waals surface area contributed by atoms with E-state index in [0.29, 0.717) is 5.88 Å². The average molecular weight is 289 g/mol. The van der Waals surface area contributed by atoms with Crippen molar-refractivity contribution in [1.82, 2.24) is 19.3 Å². The van der Waals surface area contributed by atoms with Crippen LogP contribution in [0.25, 0.3) is 11.0 Å². The number of aromatic nitrogens is 4. The molecule has 0 fully saturated rings. The predicted molar refractivity (Wildman–Crippen MR) is 81.1 cm³/mol. The van der Waals surface area contributed by atoms with Crippen LogP contribution in [0.1, 0.15) is 11.5 Å². The molecule has 5 heteroatoms. The SMILES string of the molecule is Cn1nccc1CCn1c(CCCl)nc2ccccc21. The van der Waals surface area contributed by atoms with E-state index in [9.17, 15) is 0 Å². The Bertz CT molecular complexity index is 714. The molecule has 0 amide bonds. The Balaban J connectivity index is 1.92. The standard InChI is InChI=1S/C15H17ClN4/c1-19-12(7-10-17-19)8-11-20-14-5-3-2-4-13(14)18-15(20)6-9-16/h2-5,7,10H,6,8-9,11H2,1H3. The van der Waals surface area contributed by atoms with Crippen molar-refractivity contribution in [2.24, 2.45) is 7.05 Å². The van der Waals surface area contributed by atoms with Crippen molar-refractivity contribution in [3.05, 3.63) is 48.0 Å². The van der Waals surface area contributed by atoms with Crippen molar-refractivity contribution in [1.29, 1.82) is 0 Å². The molecule has 0 aliphatic rings. The van der Waals surface area contributed by atoms with Gasteiger partial charge in [0.1, 0.15) is 5.82 Å². The zero-order chi connectivity index (χ0) is 13.9. The van der Waals surface area contributed by atoms with Crippen LogP contribution in [-0.4, -0.2) is 25.2 Å². The molecule has 0 radical (unpaired) electrons. The van der Waals surface area contributed by atoms with E-state index in [1.807, 2.05) is 30.1 Å². The molecule has 2 heterocycles. The summed E-state index contributed by atoms with van der Waals surface area (Å²) in [6, 6.07) is 10.3. The lowest BCUT2D eigenvalue weighted by Gasteiger charge is -2.08. The number of nitrogens with zero attached hydrogens (tertiary/aromatic N) is 4. The minimum absolute atomic E-state index is 0.592. The molecular formula is C15H17ClN4. The number of para-hydroxylation sites is 2. The summed E-state index contributed by atoms with van der Waals surface area (Å²) >= 11 is 5.89. The van der Waals surface area contributed by atoms with Gasteiger partial charge in [0.05, 0.1) is 11.0 Å². The molecule has 0 N–H and O–H groups in total. The lowest BCUT2D eigenvalue weighted by molar-refractivity contribution is 0.628. The molecule has 0 spiro atoms. The van der Waals surface area contributed by atoms with E-state index in [0.717, 1.165) is 30.7 Å². The number of benzene rings is 1. The highest BCUT2D eigenvalue weighted by Gasteiger charge is 2.10. The molecular weight excluding hydrogens is 272 g/mol. The Morgan fingerprint density at radius 1 is 1.15 bits per heavy atom. The molecule has 104 valence electrons. The second kappa shape index (κ2) is 5.67. The van der Waals surface area contributed by atoms with Gasteiger partial charge in [0.2, 0.25) is 0 Å². The minimum Gasteiger partial charge on any atom is -0.328 e. The van der Waals surface area contributed by atoms with Gasteiger partial charge >= 0.3 is 0 Å². The summed E-state index contributed by atoms with van der Waals surface area (Å²) in [6.07, 6.45) is 3.56. The molecule has 0 saturated carbocycles. The maximum absolute atomic E-state index is 5.89. The molecule has 3 rings (SSSR count). The van der Waals surface area contributed by atoms with Gasteiger partial charge in [0, 0.05) is 44.2 Å². The van der Waals surface area contributed by atoms with Gasteiger partial charge in [-0.05, 0) is 18.2 Å². The van der Waals surface area contributed by atoms with E-state index in [4.69, 9.17) is 11.6 Å². The smallest absolute Gasteiger partial charge is 0.111 e. The van der Waals surface area contributed by atoms with Gasteiger partial charge in [0.15, 0.2) is 0 Å². The number of aryl methyl sites for hydroxylation is 4. The molecule has 0 bridgehead atoms. The van der Waals surface area contributed by atoms with E-state index in [1.165, 1.54) is 11.2 Å². The van der Waals surface area contributed by atoms with Crippen LogP contribution >= 0.6 is 11.6 Å². The summed E-state index contributed by atoms with van der Waals surface area (Å²) < 4.78 is 4.19. The van der Waals surface area contributed by atoms with Crippen LogP contribution in [0.15, 0.2) is 36.5 Å². The van der Waals surface area contributed by atoms with Gasteiger partial charge in [0.25, 0.3) is 0 Å². The zero-order valence-electron chi connectivity index (χ0n) is 11.5. The van der Waals surface area contributed by atoms with E-state index in [2.05, 4.69) is 32.8 Å². The maximum atomic E-state index is 5.89. The Morgan fingerprint density at radius 3 is 2.75 bits per heavy atom. The topological polar surface area (TPSA) is 35.6 Å². The molecule has 3 aromatic rings. The van der Waals surface area contributed by atoms with E-state index in [1.54, 1.807) is 0 Å². The first-order valence-corrected chi connectivity index (χ1v) is 7.30. The molecule has 0 aliphatic heterocycles. The fraction of sp³-hybridized carbons (Fsp3) is 0.333. The first kappa shape index (κ1) is 13.2. The number of fused-ring (bicyclic) bond motifs is 1. The number of hydrogen-bond donors (Lipinski definition) is 0. The van der Waals surface area contributed by atoms with Crippen LogP contribution in [0.2, 0.25) is 0 Å². The molecule has 0 atom stereocenters. The van der Waals surface area contributed by atoms with E-state index >= 15 is 0 Å². The molecule has 20 heavy (non-hydrogen) atoms. The number of hydrogen-bond acceptors (Lipinski definition) is 2. The van der Waals surface area contributed by atoms with Crippen molar-refractivity contribution in [3.63, 3.8) is 0 Å². The third-order valence-corrected chi connectivity index (χ3v) is 3.75. The Labute approximate surface area is 123 Å². The fourth-order valence-electron chi connectivity index (χ4n) is 2.52. The predicted octanol–water partition coefficient (Wildman–Crippen LogP) is 2.79. The number of halogens is 1. The average Bonchev–Trinajstić information content (AvgIpc) is 3.01. The summed E-state index contributed by atoms with van der Waals surface area (Å²) in [5.41, 5.74) is 3.44. The largest absolute Gasteiger partial charge is 0.328 e. The van der Waals surface area contributed by atoms with Crippen LogP contribution in [-0.2, 0) is 26.4 Å². The maximum Gasteiger partial charge on any atom is 0.111 e. The van der Waals surface area contributed by atoms with Gasteiger partial charge in [-0.15, -0.1) is 11.6 Å². The third kappa shape index (κ3) is 2.43. The molecule has 0 aliphatic carbocycles. The van der Waals surface area contributed by atoms with Crippen LogP contribution in [0.5, 0.6) is 0 Å². The second-order valence-electron chi connectivity index (χ2n) is 4.80. The lowest BCUT2D eigenvalue weighted by atomic mass is 10.2. The highest BCUT2D eigenvalue weighted by Crippen LogP contribution is 2.17. The minimum atomic E-state index is 0.592. The zero-order valence-corrected chi connectivity index (χ0v) is 12.2.